The molecular weight excluding hydrogens is 140 g/mol. The van der Waals surface area contributed by atoms with Crippen LogP contribution in [-0.4, -0.2) is 15.3 Å². The minimum Gasteiger partial charge on any atom is -0.384 e. The number of aromatic nitrogens is 2. The maximum Gasteiger partial charge on any atom is 0.103 e. The smallest absolute Gasteiger partial charge is 0.103 e. The lowest BCUT2D eigenvalue weighted by atomic mass is 10.1. The predicted octanol–water partition coefficient (Wildman–Crippen LogP) is 1.01. The van der Waals surface area contributed by atoms with Gasteiger partial charge in [-0.1, -0.05) is 0 Å². The fourth-order valence-electron chi connectivity index (χ4n) is 0.725. The minimum atomic E-state index is -0.888. The summed E-state index contributed by atoms with van der Waals surface area (Å²) in [5.41, 5.74) is 0.571. The van der Waals surface area contributed by atoms with Crippen LogP contribution in [0.5, 0.6) is 0 Å². The number of aryl methyl sites for hydroxylation is 1. The SMILES string of the molecule is Cc1ccc(C(C)(C)O)nn1. The number of rotatable bonds is 1. The Morgan fingerprint density at radius 1 is 1.27 bits per heavy atom. The Hall–Kier alpha value is -0.960. The van der Waals surface area contributed by atoms with Crippen LogP contribution in [0.4, 0.5) is 0 Å². The fourth-order valence-corrected chi connectivity index (χ4v) is 0.725. The van der Waals surface area contributed by atoms with Crippen LogP contribution in [0.15, 0.2) is 12.1 Å². The summed E-state index contributed by atoms with van der Waals surface area (Å²) in [5.74, 6) is 0. The first-order chi connectivity index (χ1) is 5.00. The number of nitrogens with zero attached hydrogens (tertiary/aromatic N) is 2. The summed E-state index contributed by atoms with van der Waals surface area (Å²) >= 11 is 0. The van der Waals surface area contributed by atoms with Crippen molar-refractivity contribution in [3.8, 4) is 0 Å². The molecule has 11 heavy (non-hydrogen) atoms. The van der Waals surface area contributed by atoms with Gasteiger partial charge in [0.05, 0.1) is 11.4 Å². The molecule has 1 N–H and O–H groups in total. The van der Waals surface area contributed by atoms with E-state index in [4.69, 9.17) is 0 Å². The normalized spacial score (nSPS) is 11.6. The Bertz CT molecular complexity index is 235. The van der Waals surface area contributed by atoms with Crippen LogP contribution in [0.1, 0.15) is 25.2 Å². The highest BCUT2D eigenvalue weighted by atomic mass is 16.3. The van der Waals surface area contributed by atoms with Crippen molar-refractivity contribution in [3.05, 3.63) is 23.5 Å². The van der Waals surface area contributed by atoms with E-state index in [2.05, 4.69) is 10.2 Å². The van der Waals surface area contributed by atoms with E-state index in [0.717, 1.165) is 5.69 Å². The van der Waals surface area contributed by atoms with E-state index in [-0.39, 0.29) is 0 Å². The molecule has 0 spiro atoms. The molecule has 3 nitrogen and oxygen atoms in total. The molecule has 0 bridgehead atoms. The zero-order valence-corrected chi connectivity index (χ0v) is 7.00. The Kier molecular flexibility index (Phi) is 1.91. The predicted molar refractivity (Wildman–Crippen MR) is 42.0 cm³/mol. The molecule has 1 aromatic heterocycles. The van der Waals surface area contributed by atoms with Crippen LogP contribution in [0, 0.1) is 6.92 Å². The first-order valence-corrected chi connectivity index (χ1v) is 3.53. The van der Waals surface area contributed by atoms with Crippen LogP contribution >= 0.6 is 0 Å². The van der Waals surface area contributed by atoms with Gasteiger partial charge in [0.1, 0.15) is 5.60 Å². The van der Waals surface area contributed by atoms with Crippen molar-refractivity contribution < 1.29 is 5.11 Å². The molecule has 60 valence electrons. The van der Waals surface area contributed by atoms with Crippen molar-refractivity contribution in [1.82, 2.24) is 10.2 Å². The van der Waals surface area contributed by atoms with Crippen molar-refractivity contribution in [2.45, 2.75) is 26.4 Å². The second kappa shape index (κ2) is 2.58. The summed E-state index contributed by atoms with van der Waals surface area (Å²) in [7, 11) is 0. The molecule has 3 heteroatoms. The highest BCUT2D eigenvalue weighted by Crippen LogP contribution is 2.15. The van der Waals surface area contributed by atoms with E-state index in [9.17, 15) is 5.11 Å². The van der Waals surface area contributed by atoms with E-state index in [1.165, 1.54) is 0 Å². The average molecular weight is 152 g/mol. The van der Waals surface area contributed by atoms with Crippen molar-refractivity contribution >= 4 is 0 Å². The van der Waals surface area contributed by atoms with Gasteiger partial charge in [-0.3, -0.25) is 0 Å². The highest BCUT2D eigenvalue weighted by Gasteiger charge is 2.17. The van der Waals surface area contributed by atoms with E-state index >= 15 is 0 Å². The lowest BCUT2D eigenvalue weighted by Gasteiger charge is -2.14. The Morgan fingerprint density at radius 2 is 1.91 bits per heavy atom. The Morgan fingerprint density at radius 3 is 2.27 bits per heavy atom. The van der Waals surface area contributed by atoms with Crippen molar-refractivity contribution in [3.63, 3.8) is 0 Å². The molecule has 0 fully saturated rings. The van der Waals surface area contributed by atoms with Crippen molar-refractivity contribution in [1.29, 1.82) is 0 Å². The van der Waals surface area contributed by atoms with Gasteiger partial charge in [0.15, 0.2) is 0 Å². The van der Waals surface area contributed by atoms with Crippen molar-refractivity contribution in [2.75, 3.05) is 0 Å². The molecule has 0 saturated carbocycles. The molecule has 0 radical (unpaired) electrons. The molecule has 0 amide bonds. The van der Waals surface area contributed by atoms with Crippen LogP contribution in [-0.2, 0) is 5.60 Å². The average Bonchev–Trinajstić information content (AvgIpc) is 1.86. The third-order valence-electron chi connectivity index (χ3n) is 1.42. The third-order valence-corrected chi connectivity index (χ3v) is 1.42. The van der Waals surface area contributed by atoms with Gasteiger partial charge < -0.3 is 5.11 Å². The monoisotopic (exact) mass is 152 g/mol. The van der Waals surface area contributed by atoms with Crippen LogP contribution in [0.25, 0.3) is 0 Å². The van der Waals surface area contributed by atoms with E-state index in [0.29, 0.717) is 5.69 Å². The second-order valence-corrected chi connectivity index (χ2v) is 3.12. The van der Waals surface area contributed by atoms with E-state index < -0.39 is 5.60 Å². The van der Waals surface area contributed by atoms with Gasteiger partial charge in [0.2, 0.25) is 0 Å². The zero-order valence-electron chi connectivity index (χ0n) is 7.00. The molecule has 0 aliphatic rings. The lowest BCUT2D eigenvalue weighted by molar-refractivity contribution is 0.0728. The van der Waals surface area contributed by atoms with E-state index in [1.807, 2.05) is 13.0 Å². The quantitative estimate of drug-likeness (QED) is 0.653. The molecule has 0 aliphatic carbocycles. The Labute approximate surface area is 66.1 Å². The second-order valence-electron chi connectivity index (χ2n) is 3.12. The molecular formula is C8H12N2O. The molecule has 0 unspecified atom stereocenters. The van der Waals surface area contributed by atoms with Crippen LogP contribution < -0.4 is 0 Å². The third kappa shape index (κ3) is 1.98. The summed E-state index contributed by atoms with van der Waals surface area (Å²) in [6.45, 7) is 5.24. The van der Waals surface area contributed by atoms with Gasteiger partial charge in [-0.15, -0.1) is 0 Å². The Balaban J connectivity index is 2.99. The highest BCUT2D eigenvalue weighted by molar-refractivity contribution is 5.10. The maximum absolute atomic E-state index is 9.48. The molecule has 0 saturated heterocycles. The number of hydrogen-bond acceptors (Lipinski definition) is 3. The molecule has 1 heterocycles. The molecule has 0 aliphatic heterocycles. The van der Waals surface area contributed by atoms with Crippen LogP contribution in [0.3, 0.4) is 0 Å². The maximum atomic E-state index is 9.48. The van der Waals surface area contributed by atoms with Gasteiger partial charge >= 0.3 is 0 Å². The zero-order chi connectivity index (χ0) is 8.48. The molecule has 1 rings (SSSR count). The molecule has 1 aromatic rings. The standard InChI is InChI=1S/C8H12N2O/c1-6-4-5-7(10-9-6)8(2,3)11/h4-5,11H,1-3H3. The number of hydrogen-bond donors (Lipinski definition) is 1. The van der Waals surface area contributed by atoms with Gasteiger partial charge in [0, 0.05) is 0 Å². The largest absolute Gasteiger partial charge is 0.384 e. The first kappa shape index (κ1) is 8.14. The summed E-state index contributed by atoms with van der Waals surface area (Å²) in [4.78, 5) is 0. The van der Waals surface area contributed by atoms with Gasteiger partial charge in [0.25, 0.3) is 0 Å². The molecule has 0 atom stereocenters. The first-order valence-electron chi connectivity index (χ1n) is 3.53. The summed E-state index contributed by atoms with van der Waals surface area (Å²) in [6.07, 6.45) is 0. The summed E-state index contributed by atoms with van der Waals surface area (Å²) in [5, 5.41) is 17.2. The van der Waals surface area contributed by atoms with Gasteiger partial charge in [-0.2, -0.15) is 10.2 Å². The van der Waals surface area contributed by atoms with Gasteiger partial charge in [-0.05, 0) is 32.9 Å². The van der Waals surface area contributed by atoms with Gasteiger partial charge in [-0.25, -0.2) is 0 Å². The summed E-state index contributed by atoms with van der Waals surface area (Å²) in [6, 6.07) is 3.61. The van der Waals surface area contributed by atoms with E-state index in [1.54, 1.807) is 19.9 Å². The minimum absolute atomic E-state index is 0.600. The fraction of sp³-hybridized carbons (Fsp3) is 0.500. The van der Waals surface area contributed by atoms with Crippen molar-refractivity contribution in [2.24, 2.45) is 0 Å². The topological polar surface area (TPSA) is 46.0 Å². The molecule has 0 aromatic carbocycles. The van der Waals surface area contributed by atoms with Crippen LogP contribution in [0.2, 0.25) is 0 Å². The number of aliphatic hydroxyl groups is 1. The summed E-state index contributed by atoms with van der Waals surface area (Å²) < 4.78 is 0. The lowest BCUT2D eigenvalue weighted by Crippen LogP contribution is -2.18.